The number of anilines is 1. The lowest BCUT2D eigenvalue weighted by atomic mass is 9.81. The normalized spacial score (nSPS) is 11.7. The summed E-state index contributed by atoms with van der Waals surface area (Å²) in [5, 5.41) is 0. The first-order chi connectivity index (χ1) is 14.9. The van der Waals surface area contributed by atoms with Gasteiger partial charge in [0.05, 0.1) is 29.5 Å². The van der Waals surface area contributed by atoms with Crippen molar-refractivity contribution in [3.63, 3.8) is 0 Å². The van der Waals surface area contributed by atoms with E-state index in [9.17, 15) is 14.4 Å². The van der Waals surface area contributed by atoms with Gasteiger partial charge in [-0.05, 0) is 30.3 Å². The molecule has 0 spiro atoms. The predicted molar refractivity (Wildman–Crippen MR) is 114 cm³/mol. The Morgan fingerprint density at radius 3 is 2.10 bits per heavy atom. The Hall–Kier alpha value is -4.37. The van der Waals surface area contributed by atoms with Gasteiger partial charge in [-0.2, -0.15) is 0 Å². The van der Waals surface area contributed by atoms with Crippen molar-refractivity contribution >= 4 is 23.2 Å². The fourth-order valence-electron chi connectivity index (χ4n) is 3.44. The zero-order valence-corrected chi connectivity index (χ0v) is 16.8. The summed E-state index contributed by atoms with van der Waals surface area (Å²) in [4.78, 5) is 38.0. The highest BCUT2D eigenvalue weighted by atomic mass is 16.5. The van der Waals surface area contributed by atoms with Crippen LogP contribution in [0.4, 0.5) is 5.69 Å². The van der Waals surface area contributed by atoms with E-state index in [4.69, 9.17) is 15.2 Å². The first-order valence-corrected chi connectivity index (χ1v) is 9.40. The van der Waals surface area contributed by atoms with E-state index in [1.807, 2.05) is 0 Å². The Morgan fingerprint density at radius 2 is 1.52 bits per heavy atom. The molecule has 6 nitrogen and oxygen atoms in total. The minimum Gasteiger partial charge on any atom is -0.497 e. The molecule has 4 rings (SSSR count). The number of hydrogen-bond donors (Lipinski definition) is 1. The highest BCUT2D eigenvalue weighted by molar-refractivity contribution is 6.31. The molecule has 0 bridgehead atoms. The lowest BCUT2D eigenvalue weighted by molar-refractivity contribution is -0.131. The maximum atomic E-state index is 13.2. The third-order valence-corrected chi connectivity index (χ3v) is 4.89. The molecule has 0 amide bonds. The van der Waals surface area contributed by atoms with Crippen LogP contribution in [0.15, 0.2) is 54.6 Å². The molecule has 3 aromatic carbocycles. The average Bonchev–Trinajstić information content (AvgIpc) is 2.77. The molecule has 0 radical (unpaired) electrons. The van der Waals surface area contributed by atoms with Gasteiger partial charge >= 0.3 is 5.97 Å². The number of carbonyl (C=O) groups excluding carboxylic acids is 3. The summed E-state index contributed by atoms with van der Waals surface area (Å²) >= 11 is 0. The number of ether oxygens (including phenoxy) is 2. The van der Waals surface area contributed by atoms with Crippen LogP contribution in [0.5, 0.6) is 11.5 Å². The summed E-state index contributed by atoms with van der Waals surface area (Å²) in [5.41, 5.74) is 7.81. The van der Waals surface area contributed by atoms with Gasteiger partial charge in [0.15, 0.2) is 11.6 Å². The molecule has 152 valence electrons. The van der Waals surface area contributed by atoms with Crippen molar-refractivity contribution in [2.75, 3.05) is 12.8 Å². The summed E-state index contributed by atoms with van der Waals surface area (Å²) in [6, 6.07) is 15.0. The monoisotopic (exact) mass is 411 g/mol. The van der Waals surface area contributed by atoms with Crippen LogP contribution in [-0.4, -0.2) is 24.6 Å². The lowest BCUT2D eigenvalue weighted by Crippen LogP contribution is -2.24. The lowest BCUT2D eigenvalue weighted by Gasteiger charge is -2.22. The van der Waals surface area contributed by atoms with E-state index in [1.165, 1.54) is 13.0 Å². The minimum absolute atomic E-state index is 0.00137. The highest BCUT2D eigenvalue weighted by Crippen LogP contribution is 2.38. The first kappa shape index (κ1) is 19.9. The van der Waals surface area contributed by atoms with Crippen LogP contribution in [-0.2, 0) is 4.79 Å². The second-order valence-corrected chi connectivity index (χ2v) is 6.86. The van der Waals surface area contributed by atoms with Gasteiger partial charge in [-0.15, -0.1) is 0 Å². The van der Waals surface area contributed by atoms with E-state index >= 15 is 0 Å². The van der Waals surface area contributed by atoms with Crippen molar-refractivity contribution in [1.29, 1.82) is 0 Å². The molecule has 0 saturated carbocycles. The number of ketones is 2. The zero-order chi connectivity index (χ0) is 22.1. The Bertz CT molecular complexity index is 1310. The van der Waals surface area contributed by atoms with Crippen LogP contribution in [0, 0.1) is 11.8 Å². The van der Waals surface area contributed by atoms with Gasteiger partial charge in [-0.25, -0.2) is 0 Å². The van der Waals surface area contributed by atoms with Gasteiger partial charge in [0, 0.05) is 23.6 Å². The molecule has 31 heavy (non-hydrogen) atoms. The molecule has 0 atom stereocenters. The van der Waals surface area contributed by atoms with Crippen molar-refractivity contribution in [2.45, 2.75) is 6.92 Å². The van der Waals surface area contributed by atoms with Crippen LogP contribution >= 0.6 is 0 Å². The van der Waals surface area contributed by atoms with Gasteiger partial charge in [-0.1, -0.05) is 36.1 Å². The first-order valence-electron chi connectivity index (χ1n) is 9.40. The molecular formula is C25H17NO5. The molecule has 0 heterocycles. The number of nitrogens with two attached hydrogens (primary N) is 1. The van der Waals surface area contributed by atoms with Gasteiger partial charge in [0.1, 0.15) is 11.5 Å². The number of fused-ring (bicyclic) bond motifs is 2. The molecule has 0 unspecified atom stereocenters. The predicted octanol–water partition coefficient (Wildman–Crippen LogP) is 3.38. The number of methoxy groups -OCH3 is 1. The van der Waals surface area contributed by atoms with E-state index in [-0.39, 0.29) is 39.3 Å². The summed E-state index contributed by atoms with van der Waals surface area (Å²) < 4.78 is 10.4. The van der Waals surface area contributed by atoms with Crippen LogP contribution in [0.3, 0.4) is 0 Å². The average molecular weight is 411 g/mol. The maximum absolute atomic E-state index is 13.2. The molecule has 1 aliphatic carbocycles. The number of hydrogen-bond acceptors (Lipinski definition) is 6. The standard InChI is InChI=1S/C25H17NO5/c1-14(27)31-20-13-16(10-7-15-8-11-17(30-2)12-9-15)23(26)22-21(20)24(28)18-5-3-4-6-19(18)25(22)29/h3-6,8-9,11-13H,26H2,1-2H3. The van der Waals surface area contributed by atoms with Gasteiger partial charge in [0.2, 0.25) is 0 Å². The van der Waals surface area contributed by atoms with Crippen LogP contribution < -0.4 is 15.2 Å². The molecule has 0 fully saturated rings. The summed E-state index contributed by atoms with van der Waals surface area (Å²) in [6.45, 7) is 1.22. The number of carbonyl (C=O) groups is 3. The van der Waals surface area contributed by atoms with E-state index < -0.39 is 17.5 Å². The van der Waals surface area contributed by atoms with Crippen molar-refractivity contribution in [3.05, 3.63) is 88.0 Å². The Morgan fingerprint density at radius 1 is 0.903 bits per heavy atom. The fraction of sp³-hybridized carbons (Fsp3) is 0.0800. The zero-order valence-electron chi connectivity index (χ0n) is 16.8. The number of nitrogen functional groups attached to an aromatic ring is 1. The topological polar surface area (TPSA) is 95.7 Å². The second-order valence-electron chi connectivity index (χ2n) is 6.86. The number of esters is 1. The fourth-order valence-corrected chi connectivity index (χ4v) is 3.44. The molecule has 0 aliphatic heterocycles. The third kappa shape index (κ3) is 3.53. The highest BCUT2D eigenvalue weighted by Gasteiger charge is 2.35. The SMILES string of the molecule is COc1ccc(C#Cc2cc(OC(C)=O)c3c(c2N)C(=O)c2ccccc2C3=O)cc1. The smallest absolute Gasteiger partial charge is 0.308 e. The van der Waals surface area contributed by atoms with Crippen LogP contribution in [0.25, 0.3) is 0 Å². The van der Waals surface area contributed by atoms with Gasteiger partial charge in [0.25, 0.3) is 0 Å². The van der Waals surface area contributed by atoms with Crippen molar-refractivity contribution in [1.82, 2.24) is 0 Å². The van der Waals surface area contributed by atoms with Crippen molar-refractivity contribution in [3.8, 4) is 23.3 Å². The summed E-state index contributed by atoms with van der Waals surface area (Å²) in [7, 11) is 1.57. The van der Waals surface area contributed by atoms with E-state index in [0.717, 1.165) is 0 Å². The molecule has 3 aromatic rings. The number of benzene rings is 3. The van der Waals surface area contributed by atoms with Crippen LogP contribution in [0.1, 0.15) is 49.9 Å². The molecule has 0 saturated heterocycles. The minimum atomic E-state index is -0.625. The largest absolute Gasteiger partial charge is 0.497 e. The van der Waals surface area contributed by atoms with Crippen molar-refractivity contribution < 1.29 is 23.9 Å². The van der Waals surface area contributed by atoms with Crippen molar-refractivity contribution in [2.24, 2.45) is 0 Å². The summed E-state index contributed by atoms with van der Waals surface area (Å²) in [5.74, 6) is 5.07. The van der Waals surface area contributed by atoms with Crippen LogP contribution in [0.2, 0.25) is 0 Å². The summed E-state index contributed by atoms with van der Waals surface area (Å²) in [6.07, 6.45) is 0. The number of rotatable bonds is 2. The Kier molecular flexibility index (Phi) is 5.02. The van der Waals surface area contributed by atoms with Gasteiger partial charge < -0.3 is 15.2 Å². The molecule has 2 N–H and O–H groups in total. The van der Waals surface area contributed by atoms with E-state index in [2.05, 4.69) is 11.8 Å². The molecule has 1 aliphatic rings. The molecule has 0 aromatic heterocycles. The maximum Gasteiger partial charge on any atom is 0.308 e. The third-order valence-electron chi connectivity index (χ3n) is 4.89. The Balaban J connectivity index is 1.89. The van der Waals surface area contributed by atoms with E-state index in [1.54, 1.807) is 55.6 Å². The second kappa shape index (κ2) is 7.81. The molecule has 6 heteroatoms. The quantitative estimate of drug-likeness (QED) is 0.235. The Labute approximate surface area is 178 Å². The van der Waals surface area contributed by atoms with Gasteiger partial charge in [-0.3, -0.25) is 14.4 Å². The van der Waals surface area contributed by atoms with E-state index in [0.29, 0.717) is 11.3 Å². The molecular weight excluding hydrogens is 394 g/mol.